The molecule has 24 heavy (non-hydrogen) atoms. The maximum Gasteiger partial charge on any atom is 0.293 e. The Kier molecular flexibility index (Phi) is 5.05. The van der Waals surface area contributed by atoms with Crippen molar-refractivity contribution in [2.24, 2.45) is 0 Å². The number of rotatable bonds is 4. The van der Waals surface area contributed by atoms with Crippen LogP contribution in [0.25, 0.3) is 0 Å². The van der Waals surface area contributed by atoms with Crippen LogP contribution in [-0.4, -0.2) is 15.0 Å². The summed E-state index contributed by atoms with van der Waals surface area (Å²) in [5.41, 5.74) is 1.80. The van der Waals surface area contributed by atoms with Gasteiger partial charge in [0.1, 0.15) is 11.4 Å². The summed E-state index contributed by atoms with van der Waals surface area (Å²) < 4.78 is 0. The summed E-state index contributed by atoms with van der Waals surface area (Å²) in [4.78, 5) is 21.1. The van der Waals surface area contributed by atoms with Gasteiger partial charge in [-0.25, -0.2) is 0 Å². The minimum atomic E-state index is -0.538. The first-order valence-electron chi connectivity index (χ1n) is 6.86. The molecule has 0 aliphatic carbocycles. The largest absolute Gasteiger partial charge is 0.327 e. The fourth-order valence-electron chi connectivity index (χ4n) is 2.07. The van der Waals surface area contributed by atoms with Crippen LogP contribution >= 0.6 is 12.2 Å². The molecule has 9 heteroatoms. The second kappa shape index (κ2) is 7.01. The molecule has 0 atom stereocenters. The quantitative estimate of drug-likeness (QED) is 0.490. The minimum absolute atomic E-state index is 0.0238. The van der Waals surface area contributed by atoms with Gasteiger partial charge in [-0.1, -0.05) is 12.1 Å². The van der Waals surface area contributed by atoms with Crippen molar-refractivity contribution in [3.63, 3.8) is 0 Å². The van der Waals surface area contributed by atoms with E-state index >= 15 is 0 Å². The van der Waals surface area contributed by atoms with Crippen LogP contribution in [0.4, 0.5) is 22.7 Å². The van der Waals surface area contributed by atoms with Crippen molar-refractivity contribution in [1.29, 1.82) is 0 Å². The Morgan fingerprint density at radius 3 is 2.08 bits per heavy atom. The van der Waals surface area contributed by atoms with E-state index in [1.54, 1.807) is 19.1 Å². The molecule has 0 spiro atoms. The zero-order chi connectivity index (χ0) is 17.9. The standard InChI is InChI=1S/C15H14N4O4S/c1-9-7-12(14(19(22)23)8-10(9)2)17-15(24)16-11-5-3-4-6-13(11)18(20)21/h3-8H,1-2H3,(H2,16,17,24). The first-order valence-corrected chi connectivity index (χ1v) is 7.27. The molecule has 8 nitrogen and oxygen atoms in total. The summed E-state index contributed by atoms with van der Waals surface area (Å²) in [6.45, 7) is 3.60. The fourth-order valence-corrected chi connectivity index (χ4v) is 2.29. The molecule has 0 amide bonds. The SMILES string of the molecule is Cc1cc(NC(=S)Nc2ccccc2[N+](=O)[O-])c([N+](=O)[O-])cc1C. The lowest BCUT2D eigenvalue weighted by Gasteiger charge is -2.12. The van der Waals surface area contributed by atoms with Gasteiger partial charge < -0.3 is 10.6 Å². The van der Waals surface area contributed by atoms with Crippen molar-refractivity contribution in [3.8, 4) is 0 Å². The van der Waals surface area contributed by atoms with Crippen molar-refractivity contribution in [1.82, 2.24) is 0 Å². The number of thiocarbonyl (C=S) groups is 1. The average Bonchev–Trinajstić information content (AvgIpc) is 2.50. The van der Waals surface area contributed by atoms with E-state index in [4.69, 9.17) is 12.2 Å². The Morgan fingerprint density at radius 2 is 1.46 bits per heavy atom. The number of hydrogen-bond acceptors (Lipinski definition) is 5. The topological polar surface area (TPSA) is 110 Å². The van der Waals surface area contributed by atoms with E-state index in [2.05, 4.69) is 10.6 Å². The summed E-state index contributed by atoms with van der Waals surface area (Å²) in [5, 5.41) is 27.6. The van der Waals surface area contributed by atoms with Crippen LogP contribution in [0.2, 0.25) is 0 Å². The van der Waals surface area contributed by atoms with Gasteiger partial charge in [-0.3, -0.25) is 20.2 Å². The van der Waals surface area contributed by atoms with Crippen molar-refractivity contribution < 1.29 is 9.85 Å². The van der Waals surface area contributed by atoms with Crippen molar-refractivity contribution >= 4 is 40.1 Å². The van der Waals surface area contributed by atoms with Gasteiger partial charge in [0.2, 0.25) is 0 Å². The molecule has 0 fully saturated rings. The number of nitrogens with one attached hydrogen (secondary N) is 2. The van der Waals surface area contributed by atoms with Crippen molar-refractivity contribution in [2.75, 3.05) is 10.6 Å². The fraction of sp³-hybridized carbons (Fsp3) is 0.133. The highest BCUT2D eigenvalue weighted by atomic mass is 32.1. The number of nitrogens with zero attached hydrogens (tertiary/aromatic N) is 2. The number of nitro benzene ring substituents is 2. The second-order valence-electron chi connectivity index (χ2n) is 5.06. The van der Waals surface area contributed by atoms with E-state index in [9.17, 15) is 20.2 Å². The van der Waals surface area contributed by atoms with Crippen LogP contribution in [0.15, 0.2) is 36.4 Å². The summed E-state index contributed by atoms with van der Waals surface area (Å²) in [7, 11) is 0. The molecule has 0 aliphatic heterocycles. The van der Waals surface area contributed by atoms with E-state index in [0.717, 1.165) is 11.1 Å². The van der Waals surface area contributed by atoms with Gasteiger partial charge in [-0.05, 0) is 49.3 Å². The lowest BCUT2D eigenvalue weighted by atomic mass is 10.1. The highest BCUT2D eigenvalue weighted by Crippen LogP contribution is 2.29. The number of para-hydroxylation sites is 2. The maximum absolute atomic E-state index is 11.2. The van der Waals surface area contributed by atoms with E-state index < -0.39 is 9.85 Å². The number of benzene rings is 2. The molecule has 0 unspecified atom stereocenters. The zero-order valence-electron chi connectivity index (χ0n) is 12.9. The van der Waals surface area contributed by atoms with Gasteiger partial charge in [-0.15, -0.1) is 0 Å². The molecule has 0 aromatic heterocycles. The minimum Gasteiger partial charge on any atom is -0.327 e. The molecule has 0 saturated heterocycles. The van der Waals surface area contributed by atoms with Crippen molar-refractivity contribution in [3.05, 3.63) is 67.8 Å². The molecule has 0 saturated carbocycles. The molecule has 2 N–H and O–H groups in total. The van der Waals surface area contributed by atoms with E-state index in [1.165, 1.54) is 24.3 Å². The van der Waals surface area contributed by atoms with Crippen LogP contribution in [0.1, 0.15) is 11.1 Å². The molecular weight excluding hydrogens is 332 g/mol. The van der Waals surface area contributed by atoms with E-state index in [1.807, 2.05) is 6.92 Å². The van der Waals surface area contributed by atoms with Gasteiger partial charge in [0, 0.05) is 12.1 Å². The highest BCUT2D eigenvalue weighted by molar-refractivity contribution is 7.80. The molecule has 2 aromatic rings. The Hall–Kier alpha value is -3.07. The third kappa shape index (κ3) is 3.82. The molecule has 124 valence electrons. The summed E-state index contributed by atoms with van der Waals surface area (Å²) in [6, 6.07) is 9.06. The third-order valence-corrected chi connectivity index (χ3v) is 3.61. The molecule has 0 aliphatic rings. The Balaban J connectivity index is 2.27. The monoisotopic (exact) mass is 346 g/mol. The predicted octanol–water partition coefficient (Wildman–Crippen LogP) is 3.93. The number of nitro groups is 2. The van der Waals surface area contributed by atoms with Gasteiger partial charge in [0.25, 0.3) is 11.4 Å². The number of hydrogen-bond donors (Lipinski definition) is 2. The lowest BCUT2D eigenvalue weighted by molar-refractivity contribution is -0.384. The normalized spacial score (nSPS) is 10.1. The molecule has 0 heterocycles. The first kappa shape index (κ1) is 17.3. The summed E-state index contributed by atoms with van der Waals surface area (Å²) in [6.07, 6.45) is 0. The Labute approximate surface area is 142 Å². The van der Waals surface area contributed by atoms with E-state index in [0.29, 0.717) is 0 Å². The van der Waals surface area contributed by atoms with E-state index in [-0.39, 0.29) is 27.9 Å². The van der Waals surface area contributed by atoms with Crippen LogP contribution in [-0.2, 0) is 0 Å². The molecule has 2 aromatic carbocycles. The van der Waals surface area contributed by atoms with Gasteiger partial charge in [-0.2, -0.15) is 0 Å². The molecule has 2 rings (SSSR count). The molecule has 0 radical (unpaired) electrons. The number of anilines is 2. The summed E-state index contributed by atoms with van der Waals surface area (Å²) in [5.74, 6) is 0. The Morgan fingerprint density at radius 1 is 0.917 bits per heavy atom. The first-order chi connectivity index (χ1) is 11.3. The zero-order valence-corrected chi connectivity index (χ0v) is 13.7. The van der Waals surface area contributed by atoms with Crippen LogP contribution < -0.4 is 10.6 Å². The average molecular weight is 346 g/mol. The lowest BCUT2D eigenvalue weighted by Crippen LogP contribution is -2.20. The summed E-state index contributed by atoms with van der Waals surface area (Å²) >= 11 is 5.12. The third-order valence-electron chi connectivity index (χ3n) is 3.41. The van der Waals surface area contributed by atoms with Crippen molar-refractivity contribution in [2.45, 2.75) is 13.8 Å². The van der Waals surface area contributed by atoms with Gasteiger partial charge >= 0.3 is 0 Å². The molecular formula is C15H14N4O4S. The Bertz CT molecular complexity index is 838. The van der Waals surface area contributed by atoms with Gasteiger partial charge in [0.15, 0.2) is 5.11 Å². The number of aryl methyl sites for hydroxylation is 2. The highest BCUT2D eigenvalue weighted by Gasteiger charge is 2.18. The van der Waals surface area contributed by atoms with Crippen LogP contribution in [0.5, 0.6) is 0 Å². The predicted molar refractivity (Wildman–Crippen MR) is 95.5 cm³/mol. The van der Waals surface area contributed by atoms with Crippen LogP contribution in [0, 0.1) is 34.1 Å². The van der Waals surface area contributed by atoms with Crippen LogP contribution in [0.3, 0.4) is 0 Å². The van der Waals surface area contributed by atoms with Gasteiger partial charge in [0.05, 0.1) is 9.85 Å². The molecule has 0 bridgehead atoms. The second-order valence-corrected chi connectivity index (χ2v) is 5.47. The smallest absolute Gasteiger partial charge is 0.293 e. The maximum atomic E-state index is 11.2.